The molecular weight excluding hydrogens is 564 g/mol. The van der Waals surface area contributed by atoms with E-state index < -0.39 is 0 Å². The Labute approximate surface area is 254 Å². The summed E-state index contributed by atoms with van der Waals surface area (Å²) in [6.45, 7) is 8.72. The number of nitrogens with zero attached hydrogens (tertiary/aromatic N) is 3. The fraction of sp³-hybridized carbons (Fsp3) is 0.265. The molecule has 1 aliphatic rings. The van der Waals surface area contributed by atoms with Crippen molar-refractivity contribution in [3.63, 3.8) is 0 Å². The first-order valence-corrected chi connectivity index (χ1v) is 14.8. The molecule has 2 N–H and O–H groups in total. The van der Waals surface area contributed by atoms with Crippen LogP contribution in [-0.4, -0.2) is 44.3 Å². The molecule has 0 fully saturated rings. The zero-order chi connectivity index (χ0) is 30.5. The number of fused-ring (bicyclic) bond motifs is 4. The van der Waals surface area contributed by atoms with Crippen LogP contribution in [0.15, 0.2) is 73.1 Å². The fourth-order valence-corrected chi connectivity index (χ4v) is 5.83. The van der Waals surface area contributed by atoms with Crippen LogP contribution in [0.3, 0.4) is 0 Å². The molecular formula is C34H33ClN4O4. The van der Waals surface area contributed by atoms with E-state index in [9.17, 15) is 14.7 Å². The number of anilines is 2. The number of aryl methyl sites for hydroxylation is 1. The standard InChI is InChI=1S/C34H33ClN4O4/c1-5-34(3,4)43-28-15-27-31(30-20(2)7-6-8-25(28)30)22(16-35)17-39(27)33(42)26-19-38-18-23(11-14-29(38)37-26)36-32(41)21-9-12-24(40)13-10-21/h6-15,18-19,22,40H,5,16-17H2,1-4H3,(H,36,41)/t22-/m1/s1. The van der Waals surface area contributed by atoms with Gasteiger partial charge in [-0.3, -0.25) is 9.59 Å². The van der Waals surface area contributed by atoms with Gasteiger partial charge in [-0.2, -0.15) is 0 Å². The van der Waals surface area contributed by atoms with Gasteiger partial charge in [-0.15, -0.1) is 11.6 Å². The molecule has 6 rings (SSSR count). The molecule has 0 bridgehead atoms. The van der Waals surface area contributed by atoms with E-state index in [0.29, 0.717) is 29.3 Å². The van der Waals surface area contributed by atoms with Gasteiger partial charge in [0.2, 0.25) is 0 Å². The van der Waals surface area contributed by atoms with E-state index in [1.807, 2.05) is 12.1 Å². The molecule has 0 aliphatic carbocycles. The van der Waals surface area contributed by atoms with Crippen molar-refractivity contribution in [2.24, 2.45) is 0 Å². The third-order valence-electron chi connectivity index (χ3n) is 8.18. The molecule has 1 atom stereocenters. The third-order valence-corrected chi connectivity index (χ3v) is 8.55. The maximum Gasteiger partial charge on any atom is 0.278 e. The highest BCUT2D eigenvalue weighted by Crippen LogP contribution is 2.47. The lowest BCUT2D eigenvalue weighted by atomic mass is 9.92. The number of halogens is 1. The largest absolute Gasteiger partial charge is 0.508 e. The minimum absolute atomic E-state index is 0.0452. The van der Waals surface area contributed by atoms with E-state index in [0.717, 1.165) is 39.8 Å². The summed E-state index contributed by atoms with van der Waals surface area (Å²) >= 11 is 6.51. The topological polar surface area (TPSA) is 96.2 Å². The van der Waals surface area contributed by atoms with Crippen LogP contribution >= 0.6 is 11.6 Å². The number of hydrogen-bond donors (Lipinski definition) is 2. The van der Waals surface area contributed by atoms with Crippen LogP contribution in [0.2, 0.25) is 0 Å². The minimum Gasteiger partial charge on any atom is -0.508 e. The van der Waals surface area contributed by atoms with E-state index in [4.69, 9.17) is 16.3 Å². The summed E-state index contributed by atoms with van der Waals surface area (Å²) in [5.41, 5.74) is 4.37. The molecule has 3 heterocycles. The number of amides is 2. The van der Waals surface area contributed by atoms with E-state index in [1.165, 1.54) is 12.1 Å². The van der Waals surface area contributed by atoms with Crippen molar-refractivity contribution in [1.29, 1.82) is 0 Å². The predicted octanol–water partition coefficient (Wildman–Crippen LogP) is 7.30. The molecule has 5 aromatic rings. The van der Waals surface area contributed by atoms with E-state index >= 15 is 0 Å². The number of hydrogen-bond acceptors (Lipinski definition) is 5. The van der Waals surface area contributed by atoms with Crippen LogP contribution in [-0.2, 0) is 0 Å². The molecule has 0 radical (unpaired) electrons. The Morgan fingerprint density at radius 3 is 2.60 bits per heavy atom. The molecule has 0 unspecified atom stereocenters. The number of aromatic nitrogens is 2. The van der Waals surface area contributed by atoms with Crippen molar-refractivity contribution in [2.75, 3.05) is 22.6 Å². The first-order valence-electron chi connectivity index (χ1n) is 14.3. The number of rotatable bonds is 7. The summed E-state index contributed by atoms with van der Waals surface area (Å²) in [7, 11) is 0. The Kier molecular flexibility index (Phi) is 7.26. The molecule has 0 spiro atoms. The van der Waals surface area contributed by atoms with Gasteiger partial charge in [0.05, 0.1) is 11.4 Å². The summed E-state index contributed by atoms with van der Waals surface area (Å²) in [5, 5.41) is 14.4. The Morgan fingerprint density at radius 2 is 1.88 bits per heavy atom. The maximum absolute atomic E-state index is 14.1. The average molecular weight is 597 g/mol. The number of alkyl halides is 1. The van der Waals surface area contributed by atoms with Gasteiger partial charge in [0.1, 0.15) is 28.4 Å². The van der Waals surface area contributed by atoms with Crippen LogP contribution in [0, 0.1) is 6.92 Å². The van der Waals surface area contributed by atoms with Crippen molar-refractivity contribution in [3.8, 4) is 11.5 Å². The number of carbonyl (C=O) groups is 2. The zero-order valence-corrected chi connectivity index (χ0v) is 25.3. The lowest BCUT2D eigenvalue weighted by molar-refractivity contribution is 0.0982. The van der Waals surface area contributed by atoms with Crippen molar-refractivity contribution in [3.05, 3.63) is 95.4 Å². The summed E-state index contributed by atoms with van der Waals surface area (Å²) in [4.78, 5) is 33.1. The fourth-order valence-electron chi connectivity index (χ4n) is 5.58. The van der Waals surface area contributed by atoms with Crippen LogP contribution in [0.1, 0.15) is 65.1 Å². The number of aromatic hydroxyl groups is 1. The van der Waals surface area contributed by atoms with Gasteiger partial charge in [0.25, 0.3) is 11.8 Å². The lowest BCUT2D eigenvalue weighted by Crippen LogP contribution is -2.30. The number of phenols is 1. The summed E-state index contributed by atoms with van der Waals surface area (Å²) in [6.07, 6.45) is 4.21. The van der Waals surface area contributed by atoms with E-state index in [2.05, 4.69) is 50.1 Å². The van der Waals surface area contributed by atoms with Gasteiger partial charge in [-0.25, -0.2) is 4.98 Å². The number of phenolic OH excluding ortho intramolecular Hbond substituents is 1. The zero-order valence-electron chi connectivity index (χ0n) is 24.5. The predicted molar refractivity (Wildman–Crippen MR) is 170 cm³/mol. The Hall–Kier alpha value is -4.56. The van der Waals surface area contributed by atoms with Gasteiger partial charge in [0.15, 0.2) is 0 Å². The molecule has 9 heteroatoms. The van der Waals surface area contributed by atoms with Gasteiger partial charge >= 0.3 is 0 Å². The highest BCUT2D eigenvalue weighted by Gasteiger charge is 2.37. The molecule has 2 aromatic heterocycles. The highest BCUT2D eigenvalue weighted by molar-refractivity contribution is 6.19. The van der Waals surface area contributed by atoms with Gasteiger partial charge in [-0.05, 0) is 80.1 Å². The number of imidazole rings is 1. The number of benzene rings is 3. The molecule has 220 valence electrons. The summed E-state index contributed by atoms with van der Waals surface area (Å²) < 4.78 is 8.26. The van der Waals surface area contributed by atoms with Crippen LogP contribution in [0.25, 0.3) is 16.4 Å². The Balaban J connectivity index is 1.36. The second kappa shape index (κ2) is 10.9. The van der Waals surface area contributed by atoms with Crippen LogP contribution in [0.4, 0.5) is 11.4 Å². The molecule has 2 amide bonds. The van der Waals surface area contributed by atoms with Crippen LogP contribution in [0.5, 0.6) is 11.5 Å². The molecule has 0 saturated heterocycles. The highest BCUT2D eigenvalue weighted by atomic mass is 35.5. The Bertz CT molecular complexity index is 1880. The number of pyridine rings is 1. The molecule has 1 aliphatic heterocycles. The lowest BCUT2D eigenvalue weighted by Gasteiger charge is -2.27. The first-order chi connectivity index (χ1) is 20.6. The van der Waals surface area contributed by atoms with Crippen molar-refractivity contribution < 1.29 is 19.4 Å². The van der Waals surface area contributed by atoms with Gasteiger partial charge < -0.3 is 24.5 Å². The molecule has 0 saturated carbocycles. The van der Waals surface area contributed by atoms with Crippen molar-refractivity contribution in [1.82, 2.24) is 9.38 Å². The van der Waals surface area contributed by atoms with Crippen molar-refractivity contribution in [2.45, 2.75) is 45.6 Å². The molecule has 8 nitrogen and oxygen atoms in total. The van der Waals surface area contributed by atoms with Gasteiger partial charge in [-0.1, -0.05) is 25.1 Å². The molecule has 43 heavy (non-hydrogen) atoms. The van der Waals surface area contributed by atoms with Crippen LogP contribution < -0.4 is 15.0 Å². The second-order valence-electron chi connectivity index (χ2n) is 11.6. The number of nitrogens with one attached hydrogen (secondary N) is 1. The Morgan fingerprint density at radius 1 is 1.12 bits per heavy atom. The quantitative estimate of drug-likeness (QED) is 0.192. The average Bonchev–Trinajstić information content (AvgIpc) is 3.58. The van der Waals surface area contributed by atoms with E-state index in [-0.39, 0.29) is 34.8 Å². The smallest absolute Gasteiger partial charge is 0.278 e. The third kappa shape index (κ3) is 5.27. The minimum atomic E-state index is -0.388. The normalized spacial score (nSPS) is 14.7. The summed E-state index contributed by atoms with van der Waals surface area (Å²) in [5.74, 6) is 0.598. The second-order valence-corrected chi connectivity index (χ2v) is 11.9. The van der Waals surface area contributed by atoms with Gasteiger partial charge in [0, 0.05) is 47.8 Å². The van der Waals surface area contributed by atoms with E-state index in [1.54, 1.807) is 46.0 Å². The molecule has 3 aromatic carbocycles. The maximum atomic E-state index is 14.1. The monoisotopic (exact) mass is 596 g/mol. The number of ether oxygens (including phenoxy) is 1. The first kappa shape index (κ1) is 28.6. The SMILES string of the molecule is CCC(C)(C)Oc1cc2c(c3c(C)cccc13)[C@H](CCl)CN2C(=O)c1cn2cc(NC(=O)c3ccc(O)cc3)ccc2n1. The number of carbonyl (C=O) groups excluding carboxylic acids is 2. The van der Waals surface area contributed by atoms with Crippen molar-refractivity contribution >= 4 is 51.2 Å². The summed E-state index contributed by atoms with van der Waals surface area (Å²) in [6, 6.07) is 17.6.